The predicted octanol–water partition coefficient (Wildman–Crippen LogP) is 6.02. The number of halogens is 2. The molecule has 0 radical (unpaired) electrons. The summed E-state index contributed by atoms with van der Waals surface area (Å²) in [5, 5.41) is 10.3. The molecule has 19 heteroatoms. The number of aliphatic hydroxyl groups excluding tert-OH is 1. The van der Waals surface area contributed by atoms with Crippen molar-refractivity contribution in [3.8, 4) is 0 Å². The molecular formula is C41H69ClFN5NaO10P. The standard InChI is InChI=1S/C41H70ClFN5O10P.Na/c1-3-5-7-9-11-13-15-17-19-21-23-25-33(49)54-27-31(57-34(50)26-24-22-20-18-16-14-12-10-8-6-4-2)28-55-59(52,53)56-29-32-37(51)35(43)40(58-32)48-30-45-36-38(44)46-41(42)47-39(36)48;/h30-32,35,37,40,51H,3-29H2,1-2H3,(H,52,53)(H2,44,46,47);/q;+1/p-1/t31-,32+,35-,37+,40+;/m0./s1. The minimum atomic E-state index is -5.13. The number of imidazole rings is 1. The zero-order valence-electron chi connectivity index (χ0n) is 36.2. The van der Waals surface area contributed by atoms with Gasteiger partial charge in [-0.3, -0.25) is 18.7 Å². The van der Waals surface area contributed by atoms with E-state index < -0.39 is 70.3 Å². The summed E-state index contributed by atoms with van der Waals surface area (Å²) in [4.78, 5) is 50.0. The van der Waals surface area contributed by atoms with E-state index in [1.54, 1.807) is 0 Å². The van der Waals surface area contributed by atoms with E-state index in [0.29, 0.717) is 12.8 Å². The number of carbonyl (C=O) groups is 2. The average molecular weight is 900 g/mol. The van der Waals surface area contributed by atoms with Crippen molar-refractivity contribution in [3.63, 3.8) is 0 Å². The van der Waals surface area contributed by atoms with Crippen LogP contribution in [0.3, 0.4) is 0 Å². The number of hydrogen-bond donors (Lipinski definition) is 2. The molecule has 0 aliphatic carbocycles. The number of aliphatic hydroxyl groups is 1. The second-order valence-electron chi connectivity index (χ2n) is 15.6. The van der Waals surface area contributed by atoms with E-state index in [4.69, 9.17) is 40.6 Å². The number of unbranched alkanes of at least 4 members (excludes halogenated alkanes) is 20. The van der Waals surface area contributed by atoms with E-state index >= 15 is 4.39 Å². The second-order valence-corrected chi connectivity index (χ2v) is 17.4. The number of alkyl halides is 1. The molecule has 1 aliphatic heterocycles. The van der Waals surface area contributed by atoms with Gasteiger partial charge >= 0.3 is 41.5 Å². The summed E-state index contributed by atoms with van der Waals surface area (Å²) in [5.74, 6) is -1.10. The van der Waals surface area contributed by atoms with Crippen LogP contribution in [-0.4, -0.2) is 80.9 Å². The SMILES string of the molecule is CCCCCCCCCCCCCC(=O)OC[C@@H](COP(=O)([O-])OC[C@H]1O[C@@H](n2cnc3c(N)nc(Cl)nc32)[C@@H](F)[C@@H]1O)OC(=O)CCCCCCCCCCCCC.[Na+]. The van der Waals surface area contributed by atoms with Gasteiger partial charge in [0.25, 0.3) is 7.82 Å². The third kappa shape index (κ3) is 21.3. The first kappa shape index (κ1) is 54.7. The fraction of sp³-hybridized carbons (Fsp3) is 0.829. The molecule has 1 fully saturated rings. The molecule has 15 nitrogen and oxygen atoms in total. The molecule has 3 N–H and O–H groups in total. The van der Waals surface area contributed by atoms with Crippen LogP contribution in [0.15, 0.2) is 6.33 Å². The summed E-state index contributed by atoms with van der Waals surface area (Å²) < 4.78 is 55.7. The first-order valence-electron chi connectivity index (χ1n) is 22.0. The topological polar surface area (TPSA) is 210 Å². The van der Waals surface area contributed by atoms with Gasteiger partial charge in [-0.05, 0) is 24.4 Å². The van der Waals surface area contributed by atoms with E-state index in [1.165, 1.54) is 96.2 Å². The number of anilines is 1. The van der Waals surface area contributed by atoms with Crippen LogP contribution in [0.2, 0.25) is 5.28 Å². The number of fused-ring (bicyclic) bond motifs is 1. The summed E-state index contributed by atoms with van der Waals surface area (Å²) in [5.41, 5.74) is 6.01. The molecule has 1 unspecified atom stereocenters. The zero-order chi connectivity index (χ0) is 42.9. The first-order valence-corrected chi connectivity index (χ1v) is 23.9. The number of nitrogens with zero attached hydrogens (tertiary/aromatic N) is 4. The molecule has 1 saturated heterocycles. The van der Waals surface area contributed by atoms with Crippen LogP contribution in [0.1, 0.15) is 174 Å². The number of esters is 2. The third-order valence-corrected chi connectivity index (χ3v) is 11.6. The van der Waals surface area contributed by atoms with Crippen molar-refractivity contribution in [3.05, 3.63) is 11.6 Å². The normalized spacial score (nSPS) is 19.2. The molecule has 1 aliphatic rings. The van der Waals surface area contributed by atoms with E-state index in [0.717, 1.165) is 43.1 Å². The van der Waals surface area contributed by atoms with Gasteiger partial charge < -0.3 is 39.0 Å². The Morgan fingerprint density at radius 3 is 1.88 bits per heavy atom. The molecule has 0 aromatic carbocycles. The van der Waals surface area contributed by atoms with Crippen LogP contribution in [0, 0.1) is 0 Å². The minimum absolute atomic E-state index is 0. The first-order chi connectivity index (χ1) is 28.5. The Bertz CT molecular complexity index is 1550. The number of rotatable bonds is 34. The van der Waals surface area contributed by atoms with E-state index in [1.807, 2.05) is 0 Å². The number of phosphoric acid groups is 1. The van der Waals surface area contributed by atoms with Crippen molar-refractivity contribution in [1.29, 1.82) is 0 Å². The maximum absolute atomic E-state index is 15.2. The van der Waals surface area contributed by atoms with Crippen molar-refractivity contribution in [1.82, 2.24) is 19.5 Å². The van der Waals surface area contributed by atoms with Crippen molar-refractivity contribution in [2.75, 3.05) is 25.6 Å². The van der Waals surface area contributed by atoms with Crippen LogP contribution < -0.4 is 40.2 Å². The number of nitrogens with two attached hydrogens (primary N) is 1. The summed E-state index contributed by atoms with van der Waals surface area (Å²) >= 11 is 5.91. The number of phosphoric ester groups is 1. The zero-order valence-corrected chi connectivity index (χ0v) is 39.9. The molecule has 3 heterocycles. The van der Waals surface area contributed by atoms with Crippen molar-refractivity contribution in [2.24, 2.45) is 0 Å². The summed E-state index contributed by atoms with van der Waals surface area (Å²) in [6.07, 6.45) is 18.3. The van der Waals surface area contributed by atoms with Gasteiger partial charge in [0.1, 0.15) is 24.3 Å². The number of aromatic nitrogens is 4. The molecule has 0 amide bonds. The Kier molecular flexibility index (Phi) is 28.6. The minimum Gasteiger partial charge on any atom is -0.756 e. The molecule has 0 saturated carbocycles. The van der Waals surface area contributed by atoms with Gasteiger partial charge in [-0.2, -0.15) is 9.97 Å². The Labute approximate surface area is 383 Å². The summed E-state index contributed by atoms with van der Waals surface area (Å²) in [7, 11) is -5.13. The molecule has 0 bridgehead atoms. The van der Waals surface area contributed by atoms with Gasteiger partial charge in [0.2, 0.25) is 5.28 Å². The van der Waals surface area contributed by atoms with Crippen molar-refractivity contribution >= 4 is 48.3 Å². The molecule has 2 aromatic rings. The molecule has 0 spiro atoms. The Balaban J connectivity index is 0.0000124. The number of nitrogen functional groups attached to an aromatic ring is 1. The van der Waals surface area contributed by atoms with Gasteiger partial charge in [-0.15, -0.1) is 0 Å². The molecule has 2 aromatic heterocycles. The number of ether oxygens (including phenoxy) is 3. The fourth-order valence-corrected chi connectivity index (χ4v) is 7.95. The Morgan fingerprint density at radius 1 is 0.850 bits per heavy atom. The second kappa shape index (κ2) is 31.4. The smallest absolute Gasteiger partial charge is 0.756 e. The van der Waals surface area contributed by atoms with E-state index in [9.17, 15) is 24.2 Å². The van der Waals surface area contributed by atoms with E-state index in [2.05, 4.69) is 28.8 Å². The fourth-order valence-electron chi connectivity index (χ4n) is 7.02. The number of hydrogen-bond acceptors (Lipinski definition) is 14. The maximum atomic E-state index is 15.2. The van der Waals surface area contributed by atoms with Crippen molar-refractivity contribution in [2.45, 2.75) is 199 Å². The quantitative estimate of drug-likeness (QED) is 0.0271. The Morgan fingerprint density at radius 2 is 1.35 bits per heavy atom. The summed E-state index contributed by atoms with van der Waals surface area (Å²) in [6.45, 7) is 2.51. The van der Waals surface area contributed by atoms with Crippen molar-refractivity contribution < 1.29 is 81.4 Å². The number of carbonyl (C=O) groups excluding carboxylic acids is 2. The average Bonchev–Trinajstić information content (AvgIpc) is 3.75. The molecule has 6 atom stereocenters. The van der Waals surface area contributed by atoms with Gasteiger partial charge in [-0.25, -0.2) is 9.37 Å². The molecule has 60 heavy (non-hydrogen) atoms. The van der Waals surface area contributed by atoms with Crippen LogP contribution in [0.4, 0.5) is 10.2 Å². The van der Waals surface area contributed by atoms with E-state index in [-0.39, 0.29) is 64.7 Å². The van der Waals surface area contributed by atoms with Crippen LogP contribution in [0.5, 0.6) is 0 Å². The monoisotopic (exact) mass is 899 g/mol. The van der Waals surface area contributed by atoms with Gasteiger partial charge in [0, 0.05) is 12.8 Å². The molecule has 338 valence electrons. The van der Waals surface area contributed by atoms with Gasteiger partial charge in [0.05, 0.1) is 19.5 Å². The maximum Gasteiger partial charge on any atom is 1.00 e. The largest absolute Gasteiger partial charge is 1.00 e. The van der Waals surface area contributed by atoms with Gasteiger partial charge in [-0.1, -0.05) is 142 Å². The summed E-state index contributed by atoms with van der Waals surface area (Å²) in [6, 6.07) is 0. The van der Waals surface area contributed by atoms with Crippen LogP contribution >= 0.6 is 19.4 Å². The predicted molar refractivity (Wildman–Crippen MR) is 222 cm³/mol. The molecular weight excluding hydrogens is 831 g/mol. The van der Waals surface area contributed by atoms with Gasteiger partial charge in [0.15, 0.2) is 30.0 Å². The Hall–Kier alpha value is -1.46. The van der Waals surface area contributed by atoms with Crippen LogP contribution in [-0.2, 0) is 37.4 Å². The van der Waals surface area contributed by atoms with Crippen LogP contribution in [0.25, 0.3) is 11.2 Å². The third-order valence-electron chi connectivity index (χ3n) is 10.5. The molecule has 3 rings (SSSR count).